The van der Waals surface area contributed by atoms with E-state index in [4.69, 9.17) is 0 Å². The van der Waals surface area contributed by atoms with E-state index >= 15 is 0 Å². The van der Waals surface area contributed by atoms with Gasteiger partial charge >= 0.3 is 0 Å². The average Bonchev–Trinajstić information content (AvgIpc) is 2.82. The molecule has 0 unspecified atom stereocenters. The first-order valence-electron chi connectivity index (χ1n) is 5.89. The van der Waals surface area contributed by atoms with Crippen molar-refractivity contribution in [1.29, 1.82) is 0 Å². The summed E-state index contributed by atoms with van der Waals surface area (Å²) in [6, 6.07) is 10.2. The summed E-state index contributed by atoms with van der Waals surface area (Å²) < 4.78 is 0. The third kappa shape index (κ3) is 2.61. The van der Waals surface area contributed by atoms with Crippen molar-refractivity contribution in [2.24, 2.45) is 0 Å². The van der Waals surface area contributed by atoms with Gasteiger partial charge in [-0.1, -0.05) is 30.3 Å². The summed E-state index contributed by atoms with van der Waals surface area (Å²) in [6.45, 7) is 2.07. The van der Waals surface area contributed by atoms with Crippen molar-refractivity contribution >= 4 is 22.3 Å². The number of hydrogen-bond donors (Lipinski definition) is 1. The van der Waals surface area contributed by atoms with E-state index in [2.05, 4.69) is 39.3 Å². The summed E-state index contributed by atoms with van der Waals surface area (Å²) in [6.07, 6.45) is 4.98. The molecule has 0 aliphatic heterocycles. The molecule has 0 bridgehead atoms. The second-order valence-electron chi connectivity index (χ2n) is 4.01. The maximum Gasteiger partial charge on any atom is 0.189 e. The van der Waals surface area contributed by atoms with Crippen LogP contribution in [0, 0.1) is 6.92 Å². The molecule has 5 heteroatoms. The van der Waals surface area contributed by atoms with E-state index < -0.39 is 0 Å². The van der Waals surface area contributed by atoms with E-state index in [9.17, 15) is 0 Å². The van der Waals surface area contributed by atoms with Crippen molar-refractivity contribution < 1.29 is 0 Å². The van der Waals surface area contributed by atoms with Crippen LogP contribution < -0.4 is 5.32 Å². The number of aromatic nitrogens is 3. The zero-order valence-electron chi connectivity index (χ0n) is 10.4. The Balaban J connectivity index is 1.90. The van der Waals surface area contributed by atoms with Gasteiger partial charge < -0.3 is 5.32 Å². The Morgan fingerprint density at radius 1 is 1.11 bits per heavy atom. The number of nitrogens with zero attached hydrogens (tertiary/aromatic N) is 3. The van der Waals surface area contributed by atoms with Gasteiger partial charge in [0.05, 0.1) is 11.9 Å². The summed E-state index contributed by atoms with van der Waals surface area (Å²) >= 11 is 1.61. The van der Waals surface area contributed by atoms with E-state index in [0.717, 1.165) is 16.4 Å². The molecular formula is C14H12N4S. The molecule has 0 amide bonds. The first-order valence-corrected chi connectivity index (χ1v) is 6.70. The molecule has 0 saturated heterocycles. The Bertz CT molecular complexity index is 664. The zero-order chi connectivity index (χ0) is 13.1. The lowest BCUT2D eigenvalue weighted by Crippen LogP contribution is -1.92. The fourth-order valence-corrected chi connectivity index (χ4v) is 2.63. The second-order valence-corrected chi connectivity index (χ2v) is 5.21. The lowest BCUT2D eigenvalue weighted by Gasteiger charge is -1.99. The van der Waals surface area contributed by atoms with Gasteiger partial charge in [0.25, 0.3) is 0 Å². The molecule has 0 spiro atoms. The molecule has 0 atom stereocenters. The molecule has 0 radical (unpaired) electrons. The van der Waals surface area contributed by atoms with Crippen molar-refractivity contribution in [3.8, 4) is 11.3 Å². The molecule has 0 saturated carbocycles. The first-order chi connectivity index (χ1) is 9.33. The lowest BCUT2D eigenvalue weighted by molar-refractivity contribution is 1.19. The maximum atomic E-state index is 4.61. The van der Waals surface area contributed by atoms with Gasteiger partial charge in [0.15, 0.2) is 10.9 Å². The van der Waals surface area contributed by atoms with Crippen LogP contribution in [0.4, 0.5) is 10.9 Å². The molecule has 0 aliphatic carbocycles. The molecule has 2 heterocycles. The molecule has 1 aromatic carbocycles. The van der Waals surface area contributed by atoms with Crippen LogP contribution in [-0.4, -0.2) is 15.0 Å². The van der Waals surface area contributed by atoms with Gasteiger partial charge in [-0.15, -0.1) is 11.3 Å². The quantitative estimate of drug-likeness (QED) is 0.787. The average molecular weight is 268 g/mol. The van der Waals surface area contributed by atoms with Gasteiger partial charge in [-0.25, -0.2) is 9.97 Å². The van der Waals surface area contributed by atoms with Crippen LogP contribution in [0.1, 0.15) is 4.88 Å². The minimum atomic E-state index is 0.705. The van der Waals surface area contributed by atoms with Crippen molar-refractivity contribution in [3.63, 3.8) is 0 Å². The summed E-state index contributed by atoms with van der Waals surface area (Å²) in [7, 11) is 0. The number of rotatable bonds is 3. The van der Waals surface area contributed by atoms with Crippen molar-refractivity contribution in [3.05, 3.63) is 53.8 Å². The van der Waals surface area contributed by atoms with Crippen LogP contribution in [0.2, 0.25) is 0 Å². The Labute approximate surface area is 115 Å². The lowest BCUT2D eigenvalue weighted by atomic mass is 10.1. The summed E-state index contributed by atoms with van der Waals surface area (Å²) in [5.41, 5.74) is 2.14. The third-order valence-corrected chi connectivity index (χ3v) is 3.53. The van der Waals surface area contributed by atoms with E-state index in [-0.39, 0.29) is 0 Å². The molecule has 4 nitrogen and oxygen atoms in total. The van der Waals surface area contributed by atoms with E-state index in [1.807, 2.05) is 18.2 Å². The van der Waals surface area contributed by atoms with Crippen LogP contribution >= 0.6 is 11.3 Å². The SMILES string of the molecule is Cc1sc(Nc2cnccn2)nc1-c1ccccc1. The molecule has 3 aromatic rings. The highest BCUT2D eigenvalue weighted by Crippen LogP contribution is 2.31. The Morgan fingerprint density at radius 2 is 1.95 bits per heavy atom. The number of thiazole rings is 1. The standard InChI is InChI=1S/C14H12N4S/c1-10-13(11-5-3-2-4-6-11)18-14(19-10)17-12-9-15-7-8-16-12/h2-9H,1H3,(H,16,17,18). The number of nitrogens with one attached hydrogen (secondary N) is 1. The molecule has 2 aromatic heterocycles. The predicted molar refractivity (Wildman–Crippen MR) is 77.6 cm³/mol. The largest absolute Gasteiger partial charge is 0.315 e. The minimum absolute atomic E-state index is 0.705. The fourth-order valence-electron chi connectivity index (χ4n) is 1.79. The van der Waals surface area contributed by atoms with Gasteiger partial charge in [0, 0.05) is 22.8 Å². The predicted octanol–water partition coefficient (Wildman–Crippen LogP) is 3.65. The van der Waals surface area contributed by atoms with E-state index in [1.165, 1.54) is 4.88 Å². The summed E-state index contributed by atoms with van der Waals surface area (Å²) in [4.78, 5) is 14.0. The number of benzene rings is 1. The van der Waals surface area contributed by atoms with Gasteiger partial charge in [-0.05, 0) is 6.92 Å². The highest BCUT2D eigenvalue weighted by molar-refractivity contribution is 7.16. The molecule has 0 fully saturated rings. The third-order valence-electron chi connectivity index (χ3n) is 2.64. The van der Waals surface area contributed by atoms with Crippen molar-refractivity contribution in [1.82, 2.24) is 15.0 Å². The Kier molecular flexibility index (Phi) is 3.20. The topological polar surface area (TPSA) is 50.7 Å². The van der Waals surface area contributed by atoms with Gasteiger partial charge in [-0.2, -0.15) is 0 Å². The summed E-state index contributed by atoms with van der Waals surface area (Å²) in [5.74, 6) is 0.705. The Hall–Kier alpha value is -2.27. The Morgan fingerprint density at radius 3 is 2.68 bits per heavy atom. The molecule has 1 N–H and O–H groups in total. The number of hydrogen-bond acceptors (Lipinski definition) is 5. The zero-order valence-corrected chi connectivity index (χ0v) is 11.2. The van der Waals surface area contributed by atoms with Crippen LogP contribution in [0.5, 0.6) is 0 Å². The van der Waals surface area contributed by atoms with Crippen LogP contribution in [0.3, 0.4) is 0 Å². The normalized spacial score (nSPS) is 10.4. The minimum Gasteiger partial charge on any atom is -0.315 e. The van der Waals surface area contributed by atoms with Gasteiger partial charge in [0.1, 0.15) is 0 Å². The molecule has 19 heavy (non-hydrogen) atoms. The second kappa shape index (κ2) is 5.16. The number of aryl methyl sites for hydroxylation is 1. The number of anilines is 2. The monoisotopic (exact) mass is 268 g/mol. The fraction of sp³-hybridized carbons (Fsp3) is 0.0714. The van der Waals surface area contributed by atoms with Gasteiger partial charge in [-0.3, -0.25) is 4.98 Å². The highest BCUT2D eigenvalue weighted by atomic mass is 32.1. The molecular weight excluding hydrogens is 256 g/mol. The van der Waals surface area contributed by atoms with Crippen LogP contribution in [0.25, 0.3) is 11.3 Å². The van der Waals surface area contributed by atoms with Crippen LogP contribution in [0.15, 0.2) is 48.9 Å². The first kappa shape index (κ1) is 11.8. The van der Waals surface area contributed by atoms with E-state index in [0.29, 0.717) is 5.82 Å². The maximum absolute atomic E-state index is 4.61. The van der Waals surface area contributed by atoms with Crippen LogP contribution in [-0.2, 0) is 0 Å². The smallest absolute Gasteiger partial charge is 0.189 e. The van der Waals surface area contributed by atoms with Gasteiger partial charge in [0.2, 0.25) is 0 Å². The highest BCUT2D eigenvalue weighted by Gasteiger charge is 2.09. The van der Waals surface area contributed by atoms with E-state index in [1.54, 1.807) is 29.9 Å². The molecule has 3 rings (SSSR count). The molecule has 0 aliphatic rings. The summed E-state index contributed by atoms with van der Waals surface area (Å²) in [5, 5.41) is 4.00. The van der Waals surface area contributed by atoms with Crippen molar-refractivity contribution in [2.75, 3.05) is 5.32 Å². The van der Waals surface area contributed by atoms with Crippen molar-refractivity contribution in [2.45, 2.75) is 6.92 Å². The molecule has 94 valence electrons.